The van der Waals surface area contributed by atoms with Crippen molar-refractivity contribution < 1.29 is 13.2 Å². The first-order chi connectivity index (χ1) is 9.45. The summed E-state index contributed by atoms with van der Waals surface area (Å²) in [5, 5.41) is 3.91. The number of anilines is 1. The van der Waals surface area contributed by atoms with Crippen molar-refractivity contribution in [3.8, 4) is 0 Å². The lowest BCUT2D eigenvalue weighted by Crippen LogP contribution is -2.05. The highest BCUT2D eigenvalue weighted by molar-refractivity contribution is 9.10. The van der Waals surface area contributed by atoms with E-state index < -0.39 is 11.7 Å². The van der Waals surface area contributed by atoms with Gasteiger partial charge in [0.25, 0.3) is 0 Å². The fourth-order valence-electron chi connectivity index (χ4n) is 1.53. The van der Waals surface area contributed by atoms with Crippen molar-refractivity contribution in [3.05, 3.63) is 64.1 Å². The minimum Gasteiger partial charge on any atom is -0.278 e. The number of halogens is 4. The molecule has 2 aromatic rings. The molecule has 0 amide bonds. The molecule has 0 atom stereocenters. The highest BCUT2D eigenvalue weighted by Gasteiger charge is 2.30. The lowest BCUT2D eigenvalue weighted by molar-refractivity contribution is -0.137. The molecule has 0 radical (unpaired) electrons. The Balaban J connectivity index is 2.08. The van der Waals surface area contributed by atoms with Crippen molar-refractivity contribution in [2.45, 2.75) is 6.18 Å². The number of nitrogens with one attached hydrogen (secondary N) is 1. The molecule has 0 unspecified atom stereocenters. The smallest absolute Gasteiger partial charge is 0.278 e. The Hall–Kier alpha value is -1.82. The number of hydrazone groups is 1. The summed E-state index contributed by atoms with van der Waals surface area (Å²) in [6.07, 6.45) is -2.82. The molecule has 0 bridgehead atoms. The third-order valence-corrected chi connectivity index (χ3v) is 2.94. The Labute approximate surface area is 122 Å². The first kappa shape index (κ1) is 14.6. The van der Waals surface area contributed by atoms with Gasteiger partial charge in [-0.05, 0) is 35.9 Å². The van der Waals surface area contributed by atoms with Crippen LogP contribution in [0.4, 0.5) is 18.9 Å². The molecule has 0 aliphatic rings. The van der Waals surface area contributed by atoms with Crippen molar-refractivity contribution in [2.24, 2.45) is 5.10 Å². The second kappa shape index (κ2) is 6.09. The Morgan fingerprint density at radius 2 is 1.80 bits per heavy atom. The molecule has 0 aliphatic heterocycles. The maximum absolute atomic E-state index is 12.5. The molecule has 6 heteroatoms. The number of hydrogen-bond donors (Lipinski definition) is 1. The van der Waals surface area contributed by atoms with E-state index in [0.717, 1.165) is 22.2 Å². The van der Waals surface area contributed by atoms with Crippen LogP contribution in [0.25, 0.3) is 0 Å². The van der Waals surface area contributed by atoms with Gasteiger partial charge in [0.05, 0.1) is 17.5 Å². The molecule has 0 heterocycles. The second-order valence-corrected chi connectivity index (χ2v) is 4.92. The first-order valence-corrected chi connectivity index (χ1v) is 6.46. The SMILES string of the molecule is FC(F)(F)c1cccc(NN=Cc2cccc(Br)c2)c1. The van der Waals surface area contributed by atoms with E-state index in [1.165, 1.54) is 18.3 Å². The predicted octanol–water partition coefficient (Wildman–Crippen LogP) is 4.91. The lowest BCUT2D eigenvalue weighted by atomic mass is 10.2. The molecule has 0 saturated carbocycles. The van der Waals surface area contributed by atoms with Crippen molar-refractivity contribution in [1.82, 2.24) is 0 Å². The fourth-order valence-corrected chi connectivity index (χ4v) is 1.95. The van der Waals surface area contributed by atoms with Crippen LogP contribution in [0.3, 0.4) is 0 Å². The number of benzene rings is 2. The topological polar surface area (TPSA) is 24.4 Å². The zero-order valence-corrected chi connectivity index (χ0v) is 11.7. The standard InChI is InChI=1S/C14H10BrF3N2/c15-12-5-1-3-10(7-12)9-19-20-13-6-2-4-11(8-13)14(16,17)18/h1-9,20H. The Bertz CT molecular complexity index is 624. The Morgan fingerprint density at radius 3 is 2.50 bits per heavy atom. The van der Waals surface area contributed by atoms with Gasteiger partial charge < -0.3 is 0 Å². The summed E-state index contributed by atoms with van der Waals surface area (Å²) < 4.78 is 38.5. The van der Waals surface area contributed by atoms with Crippen molar-refractivity contribution >= 4 is 27.8 Å². The van der Waals surface area contributed by atoms with Crippen LogP contribution in [0, 0.1) is 0 Å². The van der Waals surface area contributed by atoms with E-state index in [9.17, 15) is 13.2 Å². The molecule has 2 nitrogen and oxygen atoms in total. The van der Waals surface area contributed by atoms with Crippen LogP contribution in [0.1, 0.15) is 11.1 Å². The minimum atomic E-state index is -4.36. The molecule has 0 aliphatic carbocycles. The van der Waals surface area contributed by atoms with Gasteiger partial charge in [-0.15, -0.1) is 0 Å². The number of nitrogens with zero attached hydrogens (tertiary/aromatic N) is 1. The molecule has 20 heavy (non-hydrogen) atoms. The van der Waals surface area contributed by atoms with Crippen molar-refractivity contribution in [1.29, 1.82) is 0 Å². The molecular formula is C14H10BrF3N2. The quantitative estimate of drug-likeness (QED) is 0.621. The van der Waals surface area contributed by atoms with Gasteiger partial charge in [-0.1, -0.05) is 34.1 Å². The predicted molar refractivity (Wildman–Crippen MR) is 76.8 cm³/mol. The van der Waals surface area contributed by atoms with Crippen LogP contribution < -0.4 is 5.43 Å². The van der Waals surface area contributed by atoms with Crippen LogP contribution in [0.2, 0.25) is 0 Å². The van der Waals surface area contributed by atoms with E-state index in [2.05, 4.69) is 26.5 Å². The molecule has 0 fully saturated rings. The molecule has 2 rings (SSSR count). The number of rotatable bonds is 3. The van der Waals surface area contributed by atoms with Crippen LogP contribution in [0.15, 0.2) is 58.1 Å². The van der Waals surface area contributed by atoms with Gasteiger partial charge in [-0.3, -0.25) is 5.43 Å². The third-order valence-electron chi connectivity index (χ3n) is 2.45. The first-order valence-electron chi connectivity index (χ1n) is 5.67. The van der Waals surface area contributed by atoms with Gasteiger partial charge in [-0.25, -0.2) is 0 Å². The number of alkyl halides is 3. The normalized spacial score (nSPS) is 11.8. The molecule has 0 saturated heterocycles. The highest BCUT2D eigenvalue weighted by atomic mass is 79.9. The average Bonchev–Trinajstić information content (AvgIpc) is 2.38. The highest BCUT2D eigenvalue weighted by Crippen LogP contribution is 2.30. The summed E-state index contributed by atoms with van der Waals surface area (Å²) in [5.74, 6) is 0. The maximum atomic E-state index is 12.5. The minimum absolute atomic E-state index is 0.283. The van der Waals surface area contributed by atoms with E-state index in [1.807, 2.05) is 24.3 Å². The zero-order chi connectivity index (χ0) is 14.6. The molecule has 1 N–H and O–H groups in total. The monoisotopic (exact) mass is 342 g/mol. The Kier molecular flexibility index (Phi) is 4.44. The van der Waals surface area contributed by atoms with Crippen LogP contribution >= 0.6 is 15.9 Å². The van der Waals surface area contributed by atoms with Gasteiger partial charge >= 0.3 is 6.18 Å². The van der Waals surface area contributed by atoms with E-state index in [4.69, 9.17) is 0 Å². The van der Waals surface area contributed by atoms with Gasteiger partial charge in [0.1, 0.15) is 0 Å². The summed E-state index contributed by atoms with van der Waals surface area (Å²) in [5.41, 5.74) is 2.99. The van der Waals surface area contributed by atoms with Gasteiger partial charge in [0, 0.05) is 4.47 Å². The summed E-state index contributed by atoms with van der Waals surface area (Å²) in [6, 6.07) is 12.3. The maximum Gasteiger partial charge on any atom is 0.416 e. The van der Waals surface area contributed by atoms with Crippen LogP contribution in [-0.4, -0.2) is 6.21 Å². The van der Waals surface area contributed by atoms with Crippen molar-refractivity contribution in [3.63, 3.8) is 0 Å². The van der Waals surface area contributed by atoms with Gasteiger partial charge in [0.2, 0.25) is 0 Å². The third kappa shape index (κ3) is 4.09. The average molecular weight is 343 g/mol. The van der Waals surface area contributed by atoms with E-state index in [0.29, 0.717) is 0 Å². The Morgan fingerprint density at radius 1 is 1.05 bits per heavy atom. The molecule has 2 aromatic carbocycles. The summed E-state index contributed by atoms with van der Waals surface area (Å²) in [7, 11) is 0. The van der Waals surface area contributed by atoms with E-state index in [-0.39, 0.29) is 5.69 Å². The van der Waals surface area contributed by atoms with E-state index in [1.54, 1.807) is 0 Å². The summed E-state index contributed by atoms with van der Waals surface area (Å²) in [4.78, 5) is 0. The van der Waals surface area contributed by atoms with Crippen LogP contribution in [0.5, 0.6) is 0 Å². The van der Waals surface area contributed by atoms with Crippen LogP contribution in [-0.2, 0) is 6.18 Å². The molecule has 104 valence electrons. The van der Waals surface area contributed by atoms with Crippen molar-refractivity contribution in [2.75, 3.05) is 5.43 Å². The fraction of sp³-hybridized carbons (Fsp3) is 0.0714. The summed E-state index contributed by atoms with van der Waals surface area (Å²) in [6.45, 7) is 0. The lowest BCUT2D eigenvalue weighted by Gasteiger charge is -2.07. The van der Waals surface area contributed by atoms with E-state index >= 15 is 0 Å². The van der Waals surface area contributed by atoms with Gasteiger partial charge in [0.15, 0.2) is 0 Å². The van der Waals surface area contributed by atoms with Gasteiger partial charge in [-0.2, -0.15) is 18.3 Å². The second-order valence-electron chi connectivity index (χ2n) is 4.00. The largest absolute Gasteiger partial charge is 0.416 e. The molecule has 0 aromatic heterocycles. The zero-order valence-electron chi connectivity index (χ0n) is 10.2. The molecule has 0 spiro atoms. The molecular weight excluding hydrogens is 333 g/mol. The summed E-state index contributed by atoms with van der Waals surface area (Å²) >= 11 is 3.32. The number of hydrogen-bond acceptors (Lipinski definition) is 2.